The molecule has 2 aromatic rings. The number of aromatic nitrogens is 4. The average molecular weight is 316 g/mol. The van der Waals surface area contributed by atoms with Crippen LogP contribution >= 0.6 is 0 Å². The van der Waals surface area contributed by atoms with Gasteiger partial charge in [0.25, 0.3) is 0 Å². The summed E-state index contributed by atoms with van der Waals surface area (Å²) in [6.07, 6.45) is 6.46. The maximum atomic E-state index is 10.8. The summed E-state index contributed by atoms with van der Waals surface area (Å²) in [7, 11) is 0. The fourth-order valence-electron chi connectivity index (χ4n) is 2.96. The minimum absolute atomic E-state index is 0.209. The van der Waals surface area contributed by atoms with E-state index >= 15 is 0 Å². The number of hydrogen-bond donors (Lipinski definition) is 2. The van der Waals surface area contributed by atoms with Crippen molar-refractivity contribution in [2.24, 2.45) is 5.92 Å². The standard InChI is InChI=1S/C15H20N6O2/c16-15-18-12(9-13(19-15)21-8-2-6-17-21)20-7-1-3-11(10-20)4-5-14(22)23/h2,6,8-9,11H,1,3-5,7,10H2,(H,22,23)(H2,16,18,19)/t11-/m1/s1. The molecule has 0 aliphatic carbocycles. The summed E-state index contributed by atoms with van der Waals surface area (Å²) in [4.78, 5) is 21.5. The van der Waals surface area contributed by atoms with Crippen LogP contribution in [0.3, 0.4) is 0 Å². The van der Waals surface area contributed by atoms with E-state index < -0.39 is 5.97 Å². The quantitative estimate of drug-likeness (QED) is 0.856. The minimum Gasteiger partial charge on any atom is -0.481 e. The zero-order valence-corrected chi connectivity index (χ0v) is 12.8. The topological polar surface area (TPSA) is 110 Å². The minimum atomic E-state index is -0.741. The maximum absolute atomic E-state index is 10.8. The summed E-state index contributed by atoms with van der Waals surface area (Å²) in [5.41, 5.74) is 5.84. The molecule has 0 radical (unpaired) electrons. The molecule has 0 saturated carbocycles. The van der Waals surface area contributed by atoms with Gasteiger partial charge in [0.15, 0.2) is 5.82 Å². The van der Waals surface area contributed by atoms with Crippen molar-refractivity contribution in [1.29, 1.82) is 0 Å². The van der Waals surface area contributed by atoms with Gasteiger partial charge in [-0.05, 0) is 31.2 Å². The summed E-state index contributed by atoms with van der Waals surface area (Å²) in [5, 5.41) is 13.0. The first kappa shape index (κ1) is 15.3. The average Bonchev–Trinajstić information content (AvgIpc) is 3.07. The van der Waals surface area contributed by atoms with Crippen LogP contribution in [0.15, 0.2) is 24.5 Å². The Morgan fingerprint density at radius 2 is 2.22 bits per heavy atom. The van der Waals surface area contributed by atoms with Crippen LogP contribution < -0.4 is 10.6 Å². The molecular weight excluding hydrogens is 296 g/mol. The van der Waals surface area contributed by atoms with Crippen LogP contribution in [0.1, 0.15) is 25.7 Å². The molecule has 0 aromatic carbocycles. The molecule has 0 unspecified atom stereocenters. The first-order valence-electron chi connectivity index (χ1n) is 7.73. The van der Waals surface area contributed by atoms with E-state index in [1.165, 1.54) is 0 Å². The van der Waals surface area contributed by atoms with E-state index in [1.54, 1.807) is 17.1 Å². The molecule has 1 fully saturated rings. The molecule has 122 valence electrons. The Balaban J connectivity index is 1.76. The number of nitrogens with zero attached hydrogens (tertiary/aromatic N) is 5. The maximum Gasteiger partial charge on any atom is 0.303 e. The number of anilines is 2. The molecule has 2 aromatic heterocycles. The van der Waals surface area contributed by atoms with E-state index in [0.717, 1.165) is 31.7 Å². The van der Waals surface area contributed by atoms with Crippen LogP contribution in [0.4, 0.5) is 11.8 Å². The summed E-state index contributed by atoms with van der Waals surface area (Å²) in [6, 6.07) is 3.68. The molecule has 8 heteroatoms. The third kappa shape index (κ3) is 3.77. The monoisotopic (exact) mass is 316 g/mol. The molecular formula is C15H20N6O2. The predicted molar refractivity (Wildman–Crippen MR) is 85.4 cm³/mol. The van der Waals surface area contributed by atoms with Crippen LogP contribution in [0.25, 0.3) is 5.82 Å². The van der Waals surface area contributed by atoms with E-state index in [1.807, 2.05) is 12.1 Å². The van der Waals surface area contributed by atoms with Crippen LogP contribution in [-0.2, 0) is 4.79 Å². The van der Waals surface area contributed by atoms with E-state index in [2.05, 4.69) is 20.0 Å². The first-order valence-corrected chi connectivity index (χ1v) is 7.73. The van der Waals surface area contributed by atoms with Crippen molar-refractivity contribution >= 4 is 17.7 Å². The molecule has 0 amide bonds. The third-order valence-corrected chi connectivity index (χ3v) is 4.06. The second-order valence-electron chi connectivity index (χ2n) is 5.78. The zero-order valence-electron chi connectivity index (χ0n) is 12.8. The van der Waals surface area contributed by atoms with Crippen molar-refractivity contribution < 1.29 is 9.90 Å². The molecule has 1 saturated heterocycles. The predicted octanol–water partition coefficient (Wildman–Crippen LogP) is 1.33. The number of aliphatic carboxylic acids is 1. The van der Waals surface area contributed by atoms with Gasteiger partial charge in [-0.15, -0.1) is 0 Å². The highest BCUT2D eigenvalue weighted by atomic mass is 16.4. The van der Waals surface area contributed by atoms with Crippen molar-refractivity contribution in [3.63, 3.8) is 0 Å². The number of carbonyl (C=O) groups is 1. The Kier molecular flexibility index (Phi) is 4.40. The number of nitrogens with two attached hydrogens (primary N) is 1. The number of carboxylic acid groups (broad SMARTS) is 1. The highest BCUT2D eigenvalue weighted by molar-refractivity contribution is 5.66. The highest BCUT2D eigenvalue weighted by Crippen LogP contribution is 2.26. The van der Waals surface area contributed by atoms with Gasteiger partial charge < -0.3 is 15.7 Å². The van der Waals surface area contributed by atoms with E-state index in [4.69, 9.17) is 10.8 Å². The Morgan fingerprint density at radius 1 is 1.39 bits per heavy atom. The fraction of sp³-hybridized carbons (Fsp3) is 0.467. The number of hydrogen-bond acceptors (Lipinski definition) is 6. The van der Waals surface area contributed by atoms with Gasteiger partial charge in [0.1, 0.15) is 5.82 Å². The number of carboxylic acids is 1. The van der Waals surface area contributed by atoms with E-state index in [0.29, 0.717) is 18.2 Å². The van der Waals surface area contributed by atoms with Crippen LogP contribution in [-0.4, -0.2) is 43.9 Å². The molecule has 23 heavy (non-hydrogen) atoms. The lowest BCUT2D eigenvalue weighted by atomic mass is 9.93. The summed E-state index contributed by atoms with van der Waals surface area (Å²) in [6.45, 7) is 1.68. The molecule has 8 nitrogen and oxygen atoms in total. The van der Waals surface area contributed by atoms with Gasteiger partial charge >= 0.3 is 5.97 Å². The van der Waals surface area contributed by atoms with Gasteiger partial charge in [0.2, 0.25) is 5.95 Å². The Labute approximate surface area is 134 Å². The fourth-order valence-corrected chi connectivity index (χ4v) is 2.96. The van der Waals surface area contributed by atoms with Gasteiger partial charge in [-0.25, -0.2) is 4.68 Å². The van der Waals surface area contributed by atoms with E-state index in [9.17, 15) is 4.79 Å². The summed E-state index contributed by atoms with van der Waals surface area (Å²) >= 11 is 0. The third-order valence-electron chi connectivity index (χ3n) is 4.06. The normalized spacial score (nSPS) is 18.1. The van der Waals surface area contributed by atoms with Crippen molar-refractivity contribution in [3.05, 3.63) is 24.5 Å². The lowest BCUT2D eigenvalue weighted by molar-refractivity contribution is -0.137. The second-order valence-corrected chi connectivity index (χ2v) is 5.78. The molecule has 0 bridgehead atoms. The van der Waals surface area contributed by atoms with Crippen molar-refractivity contribution in [2.45, 2.75) is 25.7 Å². The lowest BCUT2D eigenvalue weighted by Crippen LogP contribution is -2.36. The summed E-state index contributed by atoms with van der Waals surface area (Å²) in [5.74, 6) is 1.23. The Bertz CT molecular complexity index is 673. The molecule has 1 atom stereocenters. The van der Waals surface area contributed by atoms with Gasteiger partial charge in [0, 0.05) is 38.0 Å². The van der Waals surface area contributed by atoms with Crippen molar-refractivity contribution in [2.75, 3.05) is 23.7 Å². The molecule has 3 heterocycles. The summed E-state index contributed by atoms with van der Waals surface area (Å²) < 4.78 is 1.65. The Morgan fingerprint density at radius 3 is 2.96 bits per heavy atom. The molecule has 1 aliphatic rings. The van der Waals surface area contributed by atoms with Crippen molar-refractivity contribution in [1.82, 2.24) is 19.7 Å². The number of nitrogen functional groups attached to an aromatic ring is 1. The Hall–Kier alpha value is -2.64. The molecule has 3 N–H and O–H groups in total. The van der Waals surface area contributed by atoms with Gasteiger partial charge in [-0.2, -0.15) is 15.1 Å². The van der Waals surface area contributed by atoms with Gasteiger partial charge in [0.05, 0.1) is 0 Å². The number of rotatable bonds is 5. The molecule has 3 rings (SSSR count). The molecule has 0 spiro atoms. The van der Waals surface area contributed by atoms with Crippen LogP contribution in [0.5, 0.6) is 0 Å². The van der Waals surface area contributed by atoms with Gasteiger partial charge in [-0.3, -0.25) is 4.79 Å². The second kappa shape index (κ2) is 6.64. The van der Waals surface area contributed by atoms with Crippen molar-refractivity contribution in [3.8, 4) is 5.82 Å². The highest BCUT2D eigenvalue weighted by Gasteiger charge is 2.22. The smallest absolute Gasteiger partial charge is 0.303 e. The van der Waals surface area contributed by atoms with Crippen LogP contribution in [0.2, 0.25) is 0 Å². The van der Waals surface area contributed by atoms with E-state index in [-0.39, 0.29) is 12.4 Å². The SMILES string of the molecule is Nc1nc(N2CCC[C@H](CCC(=O)O)C2)cc(-n2cccn2)n1. The van der Waals surface area contributed by atoms with Crippen LogP contribution in [0, 0.1) is 5.92 Å². The molecule has 1 aliphatic heterocycles. The number of piperidine rings is 1. The first-order chi connectivity index (χ1) is 11.1. The van der Waals surface area contributed by atoms with Gasteiger partial charge in [-0.1, -0.05) is 0 Å². The largest absolute Gasteiger partial charge is 0.481 e. The lowest BCUT2D eigenvalue weighted by Gasteiger charge is -2.33. The zero-order chi connectivity index (χ0) is 16.2.